The van der Waals surface area contributed by atoms with Crippen LogP contribution >= 0.6 is 0 Å². The maximum atomic E-state index is 13.9. The molecule has 1 aliphatic carbocycles. The summed E-state index contributed by atoms with van der Waals surface area (Å²) in [6.45, 7) is 3.91. The molecule has 2 N–H and O–H groups in total. The zero-order valence-electron chi connectivity index (χ0n) is 12.4. The van der Waals surface area contributed by atoms with E-state index < -0.39 is 15.8 Å². The van der Waals surface area contributed by atoms with Crippen LogP contribution in [0.1, 0.15) is 45.1 Å². The maximum Gasteiger partial charge on any atom is 0.243 e. The van der Waals surface area contributed by atoms with Gasteiger partial charge in [0.2, 0.25) is 10.0 Å². The van der Waals surface area contributed by atoms with Gasteiger partial charge in [0.05, 0.1) is 6.61 Å². The summed E-state index contributed by atoms with van der Waals surface area (Å²) in [5, 5.41) is 8.94. The van der Waals surface area contributed by atoms with Crippen molar-refractivity contribution in [2.45, 2.75) is 57.1 Å². The van der Waals surface area contributed by atoms with Crippen molar-refractivity contribution in [2.75, 3.05) is 0 Å². The zero-order chi connectivity index (χ0) is 15.7. The predicted molar refractivity (Wildman–Crippen MR) is 78.7 cm³/mol. The molecule has 0 spiro atoms. The molecule has 0 aromatic heterocycles. The fourth-order valence-corrected chi connectivity index (χ4v) is 4.27. The summed E-state index contributed by atoms with van der Waals surface area (Å²) in [7, 11) is -3.87. The summed E-state index contributed by atoms with van der Waals surface area (Å²) in [4.78, 5) is -0.358. The molecule has 1 aliphatic rings. The third-order valence-electron chi connectivity index (χ3n) is 4.00. The van der Waals surface area contributed by atoms with Crippen molar-refractivity contribution >= 4 is 10.0 Å². The smallest absolute Gasteiger partial charge is 0.243 e. The van der Waals surface area contributed by atoms with Crippen LogP contribution in [-0.2, 0) is 16.6 Å². The molecular weight excluding hydrogens is 293 g/mol. The summed E-state index contributed by atoms with van der Waals surface area (Å²) < 4.78 is 41.2. The Balaban J connectivity index is 2.19. The zero-order valence-corrected chi connectivity index (χ0v) is 13.2. The van der Waals surface area contributed by atoms with E-state index in [4.69, 9.17) is 5.11 Å². The molecule has 1 atom stereocenters. The summed E-state index contributed by atoms with van der Waals surface area (Å²) in [6, 6.07) is 3.52. The van der Waals surface area contributed by atoms with Crippen LogP contribution in [0, 0.1) is 11.2 Å². The molecular formula is C15H22FNO3S. The quantitative estimate of drug-likeness (QED) is 0.897. The van der Waals surface area contributed by atoms with Gasteiger partial charge in [0.15, 0.2) is 0 Å². The first-order valence-electron chi connectivity index (χ1n) is 7.15. The average molecular weight is 315 g/mol. The van der Waals surface area contributed by atoms with Crippen LogP contribution < -0.4 is 4.72 Å². The van der Waals surface area contributed by atoms with Gasteiger partial charge >= 0.3 is 0 Å². The standard InChI is InChI=1S/C15H22FNO3S/c1-15(2)7-3-4-12(9-15)17-21(19,20)14-6-5-11(10-18)8-13(14)16/h5-6,8,12,17-18H,3-4,7,9-10H2,1-2H3. The summed E-state index contributed by atoms with van der Waals surface area (Å²) in [5.74, 6) is -0.830. The lowest BCUT2D eigenvalue weighted by Crippen LogP contribution is -2.40. The highest BCUT2D eigenvalue weighted by Gasteiger charge is 2.31. The second-order valence-corrected chi connectivity index (χ2v) is 8.18. The van der Waals surface area contributed by atoms with Crippen LogP contribution in [0.2, 0.25) is 0 Å². The van der Waals surface area contributed by atoms with Crippen LogP contribution in [0.5, 0.6) is 0 Å². The first-order chi connectivity index (χ1) is 9.73. The minimum atomic E-state index is -3.87. The SMILES string of the molecule is CC1(C)CCCC(NS(=O)(=O)c2ccc(CO)cc2F)C1. The highest BCUT2D eigenvalue weighted by Crippen LogP contribution is 2.35. The second kappa shape index (κ2) is 6.02. The fraction of sp³-hybridized carbons (Fsp3) is 0.600. The molecule has 0 aliphatic heterocycles. The number of aliphatic hydroxyl groups is 1. The molecule has 0 heterocycles. The number of halogens is 1. The van der Waals surface area contributed by atoms with Crippen molar-refractivity contribution in [3.63, 3.8) is 0 Å². The van der Waals surface area contributed by atoms with Crippen molar-refractivity contribution in [1.82, 2.24) is 4.72 Å². The molecule has 0 bridgehead atoms. The monoisotopic (exact) mass is 315 g/mol. The van der Waals surface area contributed by atoms with Gasteiger partial charge < -0.3 is 5.11 Å². The van der Waals surface area contributed by atoms with E-state index in [-0.39, 0.29) is 23.0 Å². The van der Waals surface area contributed by atoms with Crippen molar-refractivity contribution in [2.24, 2.45) is 5.41 Å². The van der Waals surface area contributed by atoms with Crippen molar-refractivity contribution < 1.29 is 17.9 Å². The Morgan fingerprint density at radius 2 is 2.14 bits per heavy atom. The van der Waals surface area contributed by atoms with Gasteiger partial charge in [-0.05, 0) is 42.4 Å². The van der Waals surface area contributed by atoms with Gasteiger partial charge in [0.1, 0.15) is 10.7 Å². The summed E-state index contributed by atoms with van der Waals surface area (Å²) in [6.07, 6.45) is 3.57. The van der Waals surface area contributed by atoms with Crippen molar-refractivity contribution in [3.8, 4) is 0 Å². The van der Waals surface area contributed by atoms with Crippen LogP contribution in [0.15, 0.2) is 23.1 Å². The maximum absolute atomic E-state index is 13.9. The molecule has 118 valence electrons. The Hall–Kier alpha value is -0.980. The number of sulfonamides is 1. The average Bonchev–Trinajstić information content (AvgIpc) is 2.36. The molecule has 1 saturated carbocycles. The first kappa shape index (κ1) is 16.4. The fourth-order valence-electron chi connectivity index (χ4n) is 2.94. The Bertz CT molecular complexity index is 613. The molecule has 1 fully saturated rings. The van der Waals surface area contributed by atoms with Gasteiger partial charge in [-0.25, -0.2) is 17.5 Å². The molecule has 2 rings (SSSR count). The van der Waals surface area contributed by atoms with Crippen LogP contribution in [-0.4, -0.2) is 19.6 Å². The lowest BCUT2D eigenvalue weighted by atomic mass is 9.75. The van der Waals surface area contributed by atoms with E-state index in [0.717, 1.165) is 31.7 Å². The number of rotatable bonds is 4. The Morgan fingerprint density at radius 1 is 1.43 bits per heavy atom. The van der Waals surface area contributed by atoms with E-state index in [1.54, 1.807) is 0 Å². The lowest BCUT2D eigenvalue weighted by Gasteiger charge is -2.35. The molecule has 6 heteroatoms. The van der Waals surface area contributed by atoms with Crippen LogP contribution in [0.4, 0.5) is 4.39 Å². The normalized spacial score (nSPS) is 22.2. The van der Waals surface area contributed by atoms with Gasteiger partial charge in [0.25, 0.3) is 0 Å². The van der Waals surface area contributed by atoms with Gasteiger partial charge in [-0.3, -0.25) is 0 Å². The Kier molecular flexibility index (Phi) is 4.70. The lowest BCUT2D eigenvalue weighted by molar-refractivity contribution is 0.212. The third kappa shape index (κ3) is 4.02. The highest BCUT2D eigenvalue weighted by molar-refractivity contribution is 7.89. The number of hydrogen-bond donors (Lipinski definition) is 2. The molecule has 1 aromatic rings. The number of aliphatic hydroxyl groups excluding tert-OH is 1. The number of benzene rings is 1. The molecule has 1 unspecified atom stereocenters. The molecule has 1 aromatic carbocycles. The van der Waals surface area contributed by atoms with Gasteiger partial charge in [0, 0.05) is 6.04 Å². The van der Waals surface area contributed by atoms with E-state index >= 15 is 0 Å². The molecule has 0 radical (unpaired) electrons. The van der Waals surface area contributed by atoms with E-state index in [1.165, 1.54) is 12.1 Å². The predicted octanol–water partition coefficient (Wildman–Crippen LogP) is 2.57. The largest absolute Gasteiger partial charge is 0.392 e. The minimum Gasteiger partial charge on any atom is -0.392 e. The van der Waals surface area contributed by atoms with E-state index in [0.29, 0.717) is 5.56 Å². The van der Waals surface area contributed by atoms with Crippen molar-refractivity contribution in [1.29, 1.82) is 0 Å². The summed E-state index contributed by atoms with van der Waals surface area (Å²) >= 11 is 0. The second-order valence-electron chi connectivity index (χ2n) is 6.50. The van der Waals surface area contributed by atoms with Crippen LogP contribution in [0.25, 0.3) is 0 Å². The first-order valence-corrected chi connectivity index (χ1v) is 8.63. The molecule has 21 heavy (non-hydrogen) atoms. The van der Waals surface area contributed by atoms with E-state index in [9.17, 15) is 12.8 Å². The van der Waals surface area contributed by atoms with Gasteiger partial charge in [-0.1, -0.05) is 26.3 Å². The molecule has 4 nitrogen and oxygen atoms in total. The number of hydrogen-bond acceptors (Lipinski definition) is 3. The topological polar surface area (TPSA) is 66.4 Å². The molecule has 0 saturated heterocycles. The minimum absolute atomic E-state index is 0.102. The van der Waals surface area contributed by atoms with Gasteiger partial charge in [-0.2, -0.15) is 0 Å². The molecule has 0 amide bonds. The van der Waals surface area contributed by atoms with Gasteiger partial charge in [-0.15, -0.1) is 0 Å². The van der Waals surface area contributed by atoms with Crippen LogP contribution in [0.3, 0.4) is 0 Å². The third-order valence-corrected chi connectivity index (χ3v) is 5.55. The van der Waals surface area contributed by atoms with E-state index in [1.807, 2.05) is 0 Å². The Labute approximate surface area is 125 Å². The number of nitrogens with one attached hydrogen (secondary N) is 1. The van der Waals surface area contributed by atoms with Crippen molar-refractivity contribution in [3.05, 3.63) is 29.6 Å². The highest BCUT2D eigenvalue weighted by atomic mass is 32.2. The summed E-state index contributed by atoms with van der Waals surface area (Å²) in [5.41, 5.74) is 0.454. The Morgan fingerprint density at radius 3 is 2.71 bits per heavy atom. The van der Waals surface area contributed by atoms with E-state index in [2.05, 4.69) is 18.6 Å².